The van der Waals surface area contributed by atoms with Crippen molar-refractivity contribution in [3.63, 3.8) is 0 Å². The Labute approximate surface area is 227 Å². The van der Waals surface area contributed by atoms with Gasteiger partial charge in [-0.3, -0.25) is 4.79 Å². The van der Waals surface area contributed by atoms with Gasteiger partial charge in [0.2, 0.25) is 0 Å². The minimum Gasteiger partial charge on any atom is -0.385 e. The summed E-state index contributed by atoms with van der Waals surface area (Å²) in [5, 5.41) is 4.91. The van der Waals surface area contributed by atoms with Gasteiger partial charge < -0.3 is 15.4 Å². The first-order chi connectivity index (χ1) is 18.4. The highest BCUT2D eigenvalue weighted by molar-refractivity contribution is 7.90. The van der Waals surface area contributed by atoms with Crippen LogP contribution in [0.2, 0.25) is 0 Å². The molecule has 1 atom stereocenters. The molecule has 3 aromatic rings. The molecule has 0 bridgehead atoms. The van der Waals surface area contributed by atoms with Gasteiger partial charge in [0.25, 0.3) is 5.91 Å². The van der Waals surface area contributed by atoms with Crippen LogP contribution in [0.5, 0.6) is 0 Å². The number of sulfone groups is 1. The molecule has 0 saturated carbocycles. The van der Waals surface area contributed by atoms with E-state index in [2.05, 4.69) is 10.6 Å². The van der Waals surface area contributed by atoms with Crippen molar-refractivity contribution < 1.29 is 31.1 Å². The number of alkyl halides is 3. The van der Waals surface area contributed by atoms with Crippen molar-refractivity contribution in [2.45, 2.75) is 37.7 Å². The third-order valence-corrected chi connectivity index (χ3v) is 7.94. The fraction of sp³-hybridized carbons (Fsp3) is 0.345. The lowest BCUT2D eigenvalue weighted by atomic mass is 9.99. The average molecular weight is 563 g/mol. The molecular weight excluding hydrogens is 529 g/mol. The van der Waals surface area contributed by atoms with Gasteiger partial charge in [0.05, 0.1) is 10.8 Å². The maximum Gasteiger partial charge on any atom is 0.418 e. The second-order valence-corrected chi connectivity index (χ2v) is 11.7. The highest BCUT2D eigenvalue weighted by Gasteiger charge is 2.33. The summed E-state index contributed by atoms with van der Waals surface area (Å²) in [6.07, 6.45) is -2.45. The summed E-state index contributed by atoms with van der Waals surface area (Å²) in [5.74, 6) is -0.232. The van der Waals surface area contributed by atoms with E-state index in [0.717, 1.165) is 17.9 Å². The Balaban J connectivity index is 1.82. The van der Waals surface area contributed by atoms with Crippen molar-refractivity contribution >= 4 is 21.4 Å². The van der Waals surface area contributed by atoms with Crippen molar-refractivity contribution in [3.05, 3.63) is 100 Å². The molecule has 1 amide bonds. The zero-order chi connectivity index (χ0) is 28.6. The third kappa shape index (κ3) is 8.56. The fourth-order valence-electron chi connectivity index (χ4n) is 4.19. The molecule has 0 radical (unpaired) electrons. The summed E-state index contributed by atoms with van der Waals surface area (Å²) >= 11 is 0. The van der Waals surface area contributed by atoms with E-state index in [1.54, 1.807) is 56.5 Å². The highest BCUT2D eigenvalue weighted by atomic mass is 32.2. The minimum absolute atomic E-state index is 0.0152. The largest absolute Gasteiger partial charge is 0.418 e. The predicted molar refractivity (Wildman–Crippen MR) is 147 cm³/mol. The summed E-state index contributed by atoms with van der Waals surface area (Å²) in [4.78, 5) is 12.5. The van der Waals surface area contributed by atoms with E-state index in [1.165, 1.54) is 12.1 Å². The smallest absolute Gasteiger partial charge is 0.385 e. The van der Waals surface area contributed by atoms with Crippen LogP contribution in [0, 0.1) is 0 Å². The average Bonchev–Trinajstić information content (AvgIpc) is 2.88. The summed E-state index contributed by atoms with van der Waals surface area (Å²) in [6, 6.07) is 17.7. The van der Waals surface area contributed by atoms with Gasteiger partial charge in [-0.2, -0.15) is 13.2 Å². The van der Waals surface area contributed by atoms with Crippen LogP contribution in [0.4, 0.5) is 18.9 Å². The number of halogens is 3. The van der Waals surface area contributed by atoms with E-state index >= 15 is 0 Å². The summed E-state index contributed by atoms with van der Waals surface area (Å²) in [6.45, 7) is 2.58. The summed E-state index contributed by atoms with van der Waals surface area (Å²) in [5.41, 5.74) is 2.08. The van der Waals surface area contributed by atoms with E-state index in [4.69, 9.17) is 4.74 Å². The van der Waals surface area contributed by atoms with E-state index in [1.807, 2.05) is 6.07 Å². The Hall–Kier alpha value is -3.37. The van der Waals surface area contributed by atoms with E-state index in [9.17, 15) is 26.4 Å². The number of hydrogen-bond donors (Lipinski definition) is 2. The van der Waals surface area contributed by atoms with Crippen LogP contribution in [0.1, 0.15) is 56.8 Å². The first-order valence-corrected chi connectivity index (χ1v) is 14.4. The van der Waals surface area contributed by atoms with Crippen LogP contribution in [0.3, 0.4) is 0 Å². The van der Waals surface area contributed by atoms with Gasteiger partial charge in [-0.25, -0.2) is 8.42 Å². The summed E-state index contributed by atoms with van der Waals surface area (Å²) in [7, 11) is -1.80. The monoisotopic (exact) mass is 562 g/mol. The van der Waals surface area contributed by atoms with Crippen molar-refractivity contribution in [2.24, 2.45) is 0 Å². The fourth-order valence-corrected chi connectivity index (χ4v) is 4.88. The lowest BCUT2D eigenvalue weighted by Gasteiger charge is -2.19. The number of ether oxygens (including phenoxy) is 1. The number of hydrogen-bond acceptors (Lipinski definition) is 5. The van der Waals surface area contributed by atoms with Crippen LogP contribution >= 0.6 is 0 Å². The summed E-state index contributed by atoms with van der Waals surface area (Å²) < 4.78 is 70.6. The van der Waals surface area contributed by atoms with Crippen LogP contribution in [-0.4, -0.2) is 40.8 Å². The maximum atomic E-state index is 13.8. The van der Waals surface area contributed by atoms with Crippen molar-refractivity contribution in [1.29, 1.82) is 0 Å². The second kappa shape index (κ2) is 13.1. The first-order valence-electron chi connectivity index (χ1n) is 12.5. The third-order valence-electron chi connectivity index (χ3n) is 6.40. The molecule has 0 aliphatic heterocycles. The Kier molecular flexibility index (Phi) is 10.2. The molecule has 0 heterocycles. The molecule has 0 saturated heterocycles. The van der Waals surface area contributed by atoms with Crippen LogP contribution in [-0.2, 0) is 33.7 Å². The molecule has 2 N–H and O–H groups in total. The van der Waals surface area contributed by atoms with Gasteiger partial charge in [0, 0.05) is 44.3 Å². The number of nitrogens with one attached hydrogen (secondary N) is 2. The molecule has 39 heavy (non-hydrogen) atoms. The predicted octanol–water partition coefficient (Wildman–Crippen LogP) is 5.78. The number of carbonyl (C=O) groups is 1. The molecule has 0 fully saturated rings. The van der Waals surface area contributed by atoms with Crippen molar-refractivity contribution in [3.8, 4) is 0 Å². The quantitative estimate of drug-likeness (QED) is 0.274. The zero-order valence-corrected chi connectivity index (χ0v) is 23.0. The molecule has 0 aliphatic carbocycles. The van der Waals surface area contributed by atoms with E-state index < -0.39 is 26.8 Å². The lowest BCUT2D eigenvalue weighted by molar-refractivity contribution is -0.137. The number of amides is 1. The molecule has 210 valence electrons. The Morgan fingerprint density at radius 1 is 1.00 bits per heavy atom. The molecule has 3 rings (SSSR count). The molecule has 6 nitrogen and oxygen atoms in total. The molecule has 1 unspecified atom stereocenters. The standard InChI is InChI=1S/C29H33F3N2O4S/c1-20(39(3,36)37)25-11-5-4-9-24(25)19-34-27-18-22(12-13-26(27)29(30,31)32)16-21-8-6-10-23(17-21)28(35)33-14-7-15-38-2/h4-6,8-13,17-18,20,34H,7,14-16,19H2,1-3H3,(H,33,35). The normalized spacial score (nSPS) is 12.7. The molecule has 0 aromatic heterocycles. The molecule has 3 aromatic carbocycles. The minimum atomic E-state index is -4.58. The topological polar surface area (TPSA) is 84.5 Å². The maximum absolute atomic E-state index is 13.8. The number of carbonyl (C=O) groups excluding carboxylic acids is 1. The Morgan fingerprint density at radius 3 is 2.41 bits per heavy atom. The van der Waals surface area contributed by atoms with Crippen LogP contribution in [0.15, 0.2) is 66.7 Å². The molecular formula is C29H33F3N2O4S. The number of rotatable bonds is 12. The SMILES string of the molecule is COCCCNC(=O)c1cccc(Cc2ccc(C(F)(F)F)c(NCc3ccccc3C(C)S(C)(=O)=O)c2)c1. The van der Waals surface area contributed by atoms with Gasteiger partial charge in [-0.1, -0.05) is 42.5 Å². The molecule has 10 heteroatoms. The zero-order valence-electron chi connectivity index (χ0n) is 22.1. The highest BCUT2D eigenvalue weighted by Crippen LogP contribution is 2.36. The number of anilines is 1. The van der Waals surface area contributed by atoms with Gasteiger partial charge in [-0.15, -0.1) is 0 Å². The van der Waals surface area contributed by atoms with E-state index in [-0.39, 0.29) is 18.1 Å². The number of methoxy groups -OCH3 is 1. The first kappa shape index (κ1) is 30.2. The van der Waals surface area contributed by atoms with Gasteiger partial charge in [-0.05, 0) is 66.3 Å². The Bertz CT molecular complexity index is 1390. The van der Waals surface area contributed by atoms with Crippen LogP contribution < -0.4 is 10.6 Å². The second-order valence-electron chi connectivity index (χ2n) is 9.38. The Morgan fingerprint density at radius 2 is 1.72 bits per heavy atom. The van der Waals surface area contributed by atoms with Crippen LogP contribution in [0.25, 0.3) is 0 Å². The molecule has 0 spiro atoms. The van der Waals surface area contributed by atoms with E-state index in [0.29, 0.717) is 48.2 Å². The number of benzene rings is 3. The molecule has 0 aliphatic rings. The van der Waals surface area contributed by atoms with Gasteiger partial charge in [0.15, 0.2) is 9.84 Å². The van der Waals surface area contributed by atoms with Crippen molar-refractivity contribution in [1.82, 2.24) is 5.32 Å². The van der Waals surface area contributed by atoms with Gasteiger partial charge in [0.1, 0.15) is 0 Å². The van der Waals surface area contributed by atoms with Gasteiger partial charge >= 0.3 is 6.18 Å². The lowest BCUT2D eigenvalue weighted by Crippen LogP contribution is -2.25. The van der Waals surface area contributed by atoms with Crippen molar-refractivity contribution in [2.75, 3.05) is 31.8 Å².